The second-order valence-corrected chi connectivity index (χ2v) is 6.30. The molecule has 0 saturated heterocycles. The Morgan fingerprint density at radius 1 is 1.15 bits per heavy atom. The lowest BCUT2D eigenvalue weighted by atomic mass is 9.96. The lowest BCUT2D eigenvalue weighted by Crippen LogP contribution is -2.00. The summed E-state index contributed by atoms with van der Waals surface area (Å²) in [6.45, 7) is 4.13. The van der Waals surface area contributed by atoms with Crippen LogP contribution in [0.2, 0.25) is 0 Å². The first-order valence-corrected chi connectivity index (χ1v) is 9.01. The first-order chi connectivity index (χ1) is 12.5. The zero-order valence-corrected chi connectivity index (χ0v) is 15.7. The summed E-state index contributed by atoms with van der Waals surface area (Å²) >= 11 is 0. The molecular weight excluding hydrogens is 326 g/mol. The molecule has 0 aliphatic carbocycles. The molecule has 2 aromatic carbocycles. The monoisotopic (exact) mass is 353 g/mol. The number of nitrogens with two attached hydrogens (primary N) is 1. The number of carbonyl (C=O) groups is 1. The molecule has 0 unspecified atom stereocenters. The maximum Gasteiger partial charge on any atom is 0.185 e. The number of ether oxygens (including phenoxy) is 1. The van der Waals surface area contributed by atoms with Crippen molar-refractivity contribution in [3.8, 4) is 11.5 Å². The van der Waals surface area contributed by atoms with Gasteiger partial charge in [0.05, 0.1) is 7.11 Å². The van der Waals surface area contributed by atoms with Gasteiger partial charge in [0.15, 0.2) is 5.78 Å². The van der Waals surface area contributed by atoms with Crippen molar-refractivity contribution < 1.29 is 14.6 Å². The van der Waals surface area contributed by atoms with Gasteiger partial charge in [-0.1, -0.05) is 26.7 Å². The number of hydrogen-bond donors (Lipinski definition) is 2. The van der Waals surface area contributed by atoms with Gasteiger partial charge < -0.3 is 15.6 Å². The van der Waals surface area contributed by atoms with Crippen LogP contribution in [0.3, 0.4) is 0 Å². The van der Waals surface area contributed by atoms with Gasteiger partial charge in [0.1, 0.15) is 11.5 Å². The maximum atomic E-state index is 12.4. The van der Waals surface area contributed by atoms with E-state index in [1.165, 1.54) is 6.08 Å². The van der Waals surface area contributed by atoms with Crippen molar-refractivity contribution in [1.29, 1.82) is 0 Å². The lowest BCUT2D eigenvalue weighted by Gasteiger charge is -2.16. The van der Waals surface area contributed by atoms with Crippen LogP contribution in [0.4, 0.5) is 5.69 Å². The smallest absolute Gasteiger partial charge is 0.185 e. The topological polar surface area (TPSA) is 72.6 Å². The van der Waals surface area contributed by atoms with Crippen LogP contribution in [0.15, 0.2) is 36.4 Å². The van der Waals surface area contributed by atoms with Gasteiger partial charge in [0.25, 0.3) is 0 Å². The van der Waals surface area contributed by atoms with Crippen LogP contribution in [0.25, 0.3) is 6.08 Å². The molecule has 0 aliphatic rings. The third kappa shape index (κ3) is 4.45. The van der Waals surface area contributed by atoms with E-state index in [2.05, 4.69) is 13.8 Å². The fourth-order valence-corrected chi connectivity index (χ4v) is 3.01. The van der Waals surface area contributed by atoms with Crippen molar-refractivity contribution in [2.24, 2.45) is 0 Å². The van der Waals surface area contributed by atoms with Crippen molar-refractivity contribution in [1.82, 2.24) is 0 Å². The quantitative estimate of drug-likeness (QED) is 0.407. The normalized spacial score (nSPS) is 11.0. The molecule has 0 radical (unpaired) electrons. The van der Waals surface area contributed by atoms with Crippen molar-refractivity contribution in [2.75, 3.05) is 12.8 Å². The van der Waals surface area contributed by atoms with Gasteiger partial charge in [-0.25, -0.2) is 0 Å². The number of aromatic hydroxyl groups is 1. The Morgan fingerprint density at radius 2 is 1.81 bits per heavy atom. The molecule has 2 aromatic rings. The highest BCUT2D eigenvalue weighted by Crippen LogP contribution is 2.37. The van der Waals surface area contributed by atoms with Crippen molar-refractivity contribution in [2.45, 2.75) is 39.5 Å². The van der Waals surface area contributed by atoms with Crippen molar-refractivity contribution in [3.05, 3.63) is 58.7 Å². The standard InChI is InChI=1S/C22H27NO3/c1-4-6-16-14-17(22(26-3)19(7-5-2)21(16)25)10-13-20(24)15-8-11-18(23)12-9-15/h8-14,25H,4-7,23H2,1-3H3/b13-10+. The second kappa shape index (κ2) is 9.09. The number of phenolic OH excluding ortho intramolecular Hbond substituents is 1. The molecule has 0 spiro atoms. The summed E-state index contributed by atoms with van der Waals surface area (Å²) in [5.41, 5.74) is 9.37. The summed E-state index contributed by atoms with van der Waals surface area (Å²) in [5, 5.41) is 10.6. The van der Waals surface area contributed by atoms with Crippen LogP contribution in [-0.2, 0) is 12.8 Å². The third-order valence-electron chi connectivity index (χ3n) is 4.29. The number of aryl methyl sites for hydroxylation is 1. The highest BCUT2D eigenvalue weighted by atomic mass is 16.5. The van der Waals surface area contributed by atoms with E-state index in [1.807, 2.05) is 6.07 Å². The summed E-state index contributed by atoms with van der Waals surface area (Å²) in [6.07, 6.45) is 6.62. The van der Waals surface area contributed by atoms with Crippen molar-refractivity contribution in [3.63, 3.8) is 0 Å². The lowest BCUT2D eigenvalue weighted by molar-refractivity contribution is 0.104. The number of methoxy groups -OCH3 is 1. The van der Waals surface area contributed by atoms with Gasteiger partial charge in [0.2, 0.25) is 0 Å². The zero-order chi connectivity index (χ0) is 19.1. The molecule has 0 fully saturated rings. The van der Waals surface area contributed by atoms with Crippen LogP contribution in [0, 0.1) is 0 Å². The summed E-state index contributed by atoms with van der Waals surface area (Å²) in [7, 11) is 1.59. The number of allylic oxidation sites excluding steroid dienone is 1. The van der Waals surface area contributed by atoms with Crippen LogP contribution in [-0.4, -0.2) is 18.0 Å². The van der Waals surface area contributed by atoms with Crippen LogP contribution < -0.4 is 10.5 Å². The Morgan fingerprint density at radius 3 is 2.38 bits per heavy atom. The second-order valence-electron chi connectivity index (χ2n) is 6.30. The molecule has 4 heteroatoms. The van der Waals surface area contributed by atoms with E-state index in [4.69, 9.17) is 10.5 Å². The highest BCUT2D eigenvalue weighted by Gasteiger charge is 2.16. The Labute approximate surface area is 155 Å². The van der Waals surface area contributed by atoms with E-state index in [0.717, 1.165) is 42.4 Å². The summed E-state index contributed by atoms with van der Waals surface area (Å²) in [6, 6.07) is 8.74. The molecule has 26 heavy (non-hydrogen) atoms. The molecule has 3 N–H and O–H groups in total. The number of carbonyl (C=O) groups excluding carboxylic acids is 1. The molecule has 0 aromatic heterocycles. The number of rotatable bonds is 8. The van der Waals surface area contributed by atoms with Crippen molar-refractivity contribution >= 4 is 17.5 Å². The molecule has 0 atom stereocenters. The van der Waals surface area contributed by atoms with E-state index in [9.17, 15) is 9.90 Å². The predicted molar refractivity (Wildman–Crippen MR) is 107 cm³/mol. The number of nitrogen functional groups attached to an aromatic ring is 1. The van der Waals surface area contributed by atoms with Gasteiger partial charge in [0, 0.05) is 22.4 Å². The first-order valence-electron chi connectivity index (χ1n) is 9.01. The van der Waals surface area contributed by atoms with Gasteiger partial charge >= 0.3 is 0 Å². The van der Waals surface area contributed by atoms with Gasteiger partial charge in [-0.05, 0) is 60.9 Å². The van der Waals surface area contributed by atoms with Crippen LogP contribution >= 0.6 is 0 Å². The minimum absolute atomic E-state index is 0.103. The average Bonchev–Trinajstić information content (AvgIpc) is 2.64. The van der Waals surface area contributed by atoms with E-state index in [0.29, 0.717) is 22.7 Å². The first kappa shape index (κ1) is 19.6. The van der Waals surface area contributed by atoms with Crippen LogP contribution in [0.5, 0.6) is 11.5 Å². The van der Waals surface area contributed by atoms with E-state index < -0.39 is 0 Å². The molecule has 0 amide bonds. The maximum absolute atomic E-state index is 12.4. The average molecular weight is 353 g/mol. The number of hydrogen-bond acceptors (Lipinski definition) is 4. The minimum atomic E-state index is -0.103. The largest absolute Gasteiger partial charge is 0.507 e. The number of phenols is 1. The fourth-order valence-electron chi connectivity index (χ4n) is 3.01. The molecule has 2 rings (SSSR count). The van der Waals surface area contributed by atoms with Gasteiger partial charge in [-0.3, -0.25) is 4.79 Å². The Kier molecular flexibility index (Phi) is 6.84. The molecule has 0 aliphatic heterocycles. The fraction of sp³-hybridized carbons (Fsp3) is 0.318. The predicted octanol–water partition coefficient (Wildman–Crippen LogP) is 4.78. The molecule has 0 heterocycles. The van der Waals surface area contributed by atoms with Crippen LogP contribution in [0.1, 0.15) is 53.7 Å². The summed E-state index contributed by atoms with van der Waals surface area (Å²) in [5.74, 6) is 0.840. The zero-order valence-electron chi connectivity index (χ0n) is 15.7. The molecule has 4 nitrogen and oxygen atoms in total. The molecular formula is C22H27NO3. The Hall–Kier alpha value is -2.75. The van der Waals surface area contributed by atoms with E-state index in [-0.39, 0.29) is 5.78 Å². The number of ketones is 1. The van der Waals surface area contributed by atoms with E-state index in [1.54, 1.807) is 37.5 Å². The summed E-state index contributed by atoms with van der Waals surface area (Å²) in [4.78, 5) is 12.4. The Bertz CT molecular complexity index is 792. The number of anilines is 1. The Balaban J connectivity index is 2.43. The van der Waals surface area contributed by atoms with E-state index >= 15 is 0 Å². The molecule has 138 valence electrons. The minimum Gasteiger partial charge on any atom is -0.507 e. The SMILES string of the molecule is CCCc1cc(/C=C/C(=O)c2ccc(N)cc2)c(OC)c(CCC)c1O. The van der Waals surface area contributed by atoms with Gasteiger partial charge in [-0.2, -0.15) is 0 Å². The highest BCUT2D eigenvalue weighted by molar-refractivity contribution is 6.07. The van der Waals surface area contributed by atoms with Gasteiger partial charge in [-0.15, -0.1) is 0 Å². The number of benzene rings is 2. The third-order valence-corrected chi connectivity index (χ3v) is 4.29. The summed E-state index contributed by atoms with van der Waals surface area (Å²) < 4.78 is 5.56. The molecule has 0 saturated carbocycles. The molecule has 0 bridgehead atoms.